The van der Waals surface area contributed by atoms with E-state index < -0.39 is 0 Å². The van der Waals surface area contributed by atoms with Gasteiger partial charge in [0.1, 0.15) is 18.1 Å². The summed E-state index contributed by atoms with van der Waals surface area (Å²) >= 11 is 1.97. The number of carbonyl (C=O) groups is 1. The maximum absolute atomic E-state index is 10.3. The molecule has 0 aromatic heterocycles. The molecule has 2 rings (SSSR count). The molecule has 0 spiro atoms. The van der Waals surface area contributed by atoms with Crippen LogP contribution in [0.2, 0.25) is 0 Å². The molecule has 1 heterocycles. The van der Waals surface area contributed by atoms with Gasteiger partial charge in [-0.2, -0.15) is 11.8 Å². The Morgan fingerprint density at radius 2 is 2.41 bits per heavy atom. The van der Waals surface area contributed by atoms with E-state index in [1.54, 1.807) is 0 Å². The van der Waals surface area contributed by atoms with Crippen molar-refractivity contribution < 1.29 is 9.53 Å². The summed E-state index contributed by atoms with van der Waals surface area (Å²) in [5.74, 6) is 3.30. The van der Waals surface area contributed by atoms with Gasteiger partial charge < -0.3 is 9.53 Å². The van der Waals surface area contributed by atoms with Crippen molar-refractivity contribution in [3.05, 3.63) is 29.8 Å². The topological polar surface area (TPSA) is 26.3 Å². The number of carbonyl (C=O) groups excluding carboxylic acids is 1. The minimum atomic E-state index is 0.357. The second-order valence-corrected chi connectivity index (χ2v) is 5.46. The van der Waals surface area contributed by atoms with Gasteiger partial charge in [0.2, 0.25) is 0 Å². The van der Waals surface area contributed by atoms with Gasteiger partial charge in [-0.05, 0) is 42.7 Å². The molecule has 1 saturated heterocycles. The first-order valence-corrected chi connectivity index (χ1v) is 7.31. The SMILES string of the molecule is O=CCCc1cccc(OC2CCCSC2)c1. The number of hydrogen-bond donors (Lipinski definition) is 0. The summed E-state index contributed by atoms with van der Waals surface area (Å²) in [5, 5.41) is 0. The van der Waals surface area contributed by atoms with Crippen molar-refractivity contribution in [1.29, 1.82) is 0 Å². The smallest absolute Gasteiger partial charge is 0.120 e. The van der Waals surface area contributed by atoms with Crippen LogP contribution < -0.4 is 4.74 Å². The van der Waals surface area contributed by atoms with Gasteiger partial charge >= 0.3 is 0 Å². The normalized spacial score (nSPS) is 19.9. The van der Waals surface area contributed by atoms with Crippen LogP contribution in [0.25, 0.3) is 0 Å². The van der Waals surface area contributed by atoms with Gasteiger partial charge in [0.25, 0.3) is 0 Å². The van der Waals surface area contributed by atoms with E-state index >= 15 is 0 Å². The highest BCUT2D eigenvalue weighted by Gasteiger charge is 2.15. The summed E-state index contributed by atoms with van der Waals surface area (Å²) in [6, 6.07) is 8.11. The van der Waals surface area contributed by atoms with Crippen molar-refractivity contribution in [2.75, 3.05) is 11.5 Å². The van der Waals surface area contributed by atoms with Crippen molar-refractivity contribution in [2.45, 2.75) is 31.8 Å². The van der Waals surface area contributed by atoms with Gasteiger partial charge in [0.15, 0.2) is 0 Å². The molecule has 2 nitrogen and oxygen atoms in total. The number of aryl methyl sites for hydroxylation is 1. The summed E-state index contributed by atoms with van der Waals surface area (Å²) < 4.78 is 5.97. The molecule has 92 valence electrons. The Labute approximate surface area is 107 Å². The van der Waals surface area contributed by atoms with E-state index in [1.807, 2.05) is 30.0 Å². The number of rotatable bonds is 5. The molecule has 0 saturated carbocycles. The molecule has 1 unspecified atom stereocenters. The molecule has 0 amide bonds. The Bertz CT molecular complexity index is 359. The van der Waals surface area contributed by atoms with Crippen LogP contribution in [0, 0.1) is 0 Å². The van der Waals surface area contributed by atoms with Crippen LogP contribution in [0.3, 0.4) is 0 Å². The Hall–Kier alpha value is -0.960. The van der Waals surface area contributed by atoms with Gasteiger partial charge in [0, 0.05) is 12.2 Å². The predicted molar refractivity (Wildman–Crippen MR) is 71.8 cm³/mol. The number of aldehydes is 1. The maximum Gasteiger partial charge on any atom is 0.120 e. The molecule has 17 heavy (non-hydrogen) atoms. The van der Waals surface area contributed by atoms with E-state index in [0.717, 1.165) is 30.6 Å². The van der Waals surface area contributed by atoms with Gasteiger partial charge in [-0.15, -0.1) is 0 Å². The lowest BCUT2D eigenvalue weighted by molar-refractivity contribution is -0.107. The first kappa shape index (κ1) is 12.5. The zero-order valence-electron chi connectivity index (χ0n) is 9.93. The third kappa shape index (κ3) is 4.08. The minimum absolute atomic E-state index is 0.357. The standard InChI is InChI=1S/C14H18O2S/c15-8-2-5-12-4-1-6-13(10-12)16-14-7-3-9-17-11-14/h1,4,6,8,10,14H,2-3,5,7,9,11H2. The zero-order valence-corrected chi connectivity index (χ0v) is 10.7. The van der Waals surface area contributed by atoms with E-state index in [0.29, 0.717) is 12.5 Å². The first-order valence-electron chi connectivity index (χ1n) is 6.15. The largest absolute Gasteiger partial charge is 0.490 e. The molecule has 1 aromatic rings. The summed E-state index contributed by atoms with van der Waals surface area (Å²) in [7, 11) is 0. The van der Waals surface area contributed by atoms with Crippen molar-refractivity contribution >= 4 is 18.0 Å². The fraction of sp³-hybridized carbons (Fsp3) is 0.500. The third-order valence-electron chi connectivity index (χ3n) is 2.87. The molecule has 1 fully saturated rings. The van der Waals surface area contributed by atoms with Crippen molar-refractivity contribution in [1.82, 2.24) is 0 Å². The number of ether oxygens (including phenoxy) is 1. The van der Waals surface area contributed by atoms with Crippen molar-refractivity contribution in [3.8, 4) is 5.75 Å². The Balaban J connectivity index is 1.92. The molecule has 0 aliphatic carbocycles. The lowest BCUT2D eigenvalue weighted by Gasteiger charge is -2.22. The highest BCUT2D eigenvalue weighted by atomic mass is 32.2. The fourth-order valence-corrected chi connectivity index (χ4v) is 3.03. The Morgan fingerprint density at radius 3 is 3.18 bits per heavy atom. The van der Waals surface area contributed by atoms with Crippen LogP contribution in [-0.2, 0) is 11.2 Å². The first-order chi connectivity index (χ1) is 8.38. The summed E-state index contributed by atoms with van der Waals surface area (Å²) in [5.41, 5.74) is 1.18. The maximum atomic E-state index is 10.3. The lowest BCUT2D eigenvalue weighted by Crippen LogP contribution is -2.23. The van der Waals surface area contributed by atoms with E-state index in [2.05, 4.69) is 6.07 Å². The Kier molecular flexibility index (Phi) is 4.92. The van der Waals surface area contributed by atoms with Gasteiger partial charge in [0.05, 0.1) is 0 Å². The van der Waals surface area contributed by atoms with Gasteiger partial charge in [-0.3, -0.25) is 0 Å². The minimum Gasteiger partial charge on any atom is -0.490 e. The molecule has 3 heteroatoms. The van der Waals surface area contributed by atoms with E-state index in [4.69, 9.17) is 4.74 Å². The summed E-state index contributed by atoms with van der Waals surface area (Å²) in [4.78, 5) is 10.3. The number of benzene rings is 1. The molecule has 0 radical (unpaired) electrons. The molecular weight excluding hydrogens is 232 g/mol. The highest BCUT2D eigenvalue weighted by Crippen LogP contribution is 2.23. The zero-order chi connectivity index (χ0) is 11.9. The van der Waals surface area contributed by atoms with Crippen LogP contribution in [-0.4, -0.2) is 23.9 Å². The molecule has 0 bridgehead atoms. The predicted octanol–water partition coefficient (Wildman–Crippen LogP) is 3.09. The highest BCUT2D eigenvalue weighted by molar-refractivity contribution is 7.99. The summed E-state index contributed by atoms with van der Waals surface area (Å²) in [6.07, 6.45) is 5.12. The fourth-order valence-electron chi connectivity index (χ4n) is 2.00. The van der Waals surface area contributed by atoms with E-state index in [1.165, 1.54) is 17.7 Å². The van der Waals surface area contributed by atoms with Crippen LogP contribution in [0.4, 0.5) is 0 Å². The molecular formula is C14H18O2S. The average Bonchev–Trinajstić information content (AvgIpc) is 2.38. The van der Waals surface area contributed by atoms with Crippen molar-refractivity contribution in [2.24, 2.45) is 0 Å². The van der Waals surface area contributed by atoms with E-state index in [-0.39, 0.29) is 0 Å². The summed E-state index contributed by atoms with van der Waals surface area (Å²) in [6.45, 7) is 0. The van der Waals surface area contributed by atoms with Crippen LogP contribution >= 0.6 is 11.8 Å². The number of thioether (sulfide) groups is 1. The van der Waals surface area contributed by atoms with Crippen molar-refractivity contribution in [3.63, 3.8) is 0 Å². The Morgan fingerprint density at radius 1 is 1.47 bits per heavy atom. The average molecular weight is 250 g/mol. The van der Waals surface area contributed by atoms with Gasteiger partial charge in [-0.25, -0.2) is 0 Å². The number of hydrogen-bond acceptors (Lipinski definition) is 3. The second-order valence-electron chi connectivity index (χ2n) is 4.31. The van der Waals surface area contributed by atoms with Crippen LogP contribution in [0.5, 0.6) is 5.75 Å². The van der Waals surface area contributed by atoms with Crippen LogP contribution in [0.15, 0.2) is 24.3 Å². The van der Waals surface area contributed by atoms with E-state index in [9.17, 15) is 4.79 Å². The monoisotopic (exact) mass is 250 g/mol. The molecule has 1 aliphatic rings. The van der Waals surface area contributed by atoms with Gasteiger partial charge in [-0.1, -0.05) is 12.1 Å². The molecule has 1 aliphatic heterocycles. The molecule has 1 aromatic carbocycles. The lowest BCUT2D eigenvalue weighted by atomic mass is 10.1. The van der Waals surface area contributed by atoms with Crippen LogP contribution in [0.1, 0.15) is 24.8 Å². The second kappa shape index (κ2) is 6.70. The quantitative estimate of drug-likeness (QED) is 0.751. The third-order valence-corrected chi connectivity index (χ3v) is 4.06. The molecule has 0 N–H and O–H groups in total. The molecule has 1 atom stereocenters.